The molecule has 0 radical (unpaired) electrons. The van der Waals surface area contributed by atoms with Crippen LogP contribution >= 0.6 is 0 Å². The standard InChI is InChI=1S/C17H26FNO2/c1-13-4-3-5-16(10-13)21-17-7-6-15(18)11-14(17)12-19-8-9-20-2/h6-7,11,13,16,19H,3-5,8-10,12H2,1-2H3. The second kappa shape index (κ2) is 8.35. The SMILES string of the molecule is COCCNCc1cc(F)ccc1OC1CCCC(C)C1. The summed E-state index contributed by atoms with van der Waals surface area (Å²) in [7, 11) is 1.67. The fraction of sp³-hybridized carbons (Fsp3) is 0.647. The molecule has 1 fully saturated rings. The maximum Gasteiger partial charge on any atom is 0.124 e. The van der Waals surface area contributed by atoms with E-state index in [4.69, 9.17) is 9.47 Å². The Morgan fingerprint density at radius 1 is 1.33 bits per heavy atom. The predicted molar refractivity (Wildman–Crippen MR) is 82.0 cm³/mol. The molecule has 1 aromatic carbocycles. The van der Waals surface area contributed by atoms with E-state index in [0.29, 0.717) is 19.1 Å². The van der Waals surface area contributed by atoms with Crippen molar-refractivity contribution < 1.29 is 13.9 Å². The molecule has 0 saturated heterocycles. The molecular weight excluding hydrogens is 269 g/mol. The average molecular weight is 295 g/mol. The van der Waals surface area contributed by atoms with Gasteiger partial charge in [-0.15, -0.1) is 0 Å². The van der Waals surface area contributed by atoms with Crippen LogP contribution in [-0.2, 0) is 11.3 Å². The number of hydrogen-bond acceptors (Lipinski definition) is 3. The van der Waals surface area contributed by atoms with Gasteiger partial charge in [0.1, 0.15) is 11.6 Å². The minimum Gasteiger partial charge on any atom is -0.490 e. The van der Waals surface area contributed by atoms with Crippen LogP contribution in [0, 0.1) is 11.7 Å². The molecule has 0 amide bonds. The zero-order chi connectivity index (χ0) is 15.1. The summed E-state index contributed by atoms with van der Waals surface area (Å²) in [5, 5.41) is 3.24. The molecular formula is C17H26FNO2. The highest BCUT2D eigenvalue weighted by Gasteiger charge is 2.21. The largest absolute Gasteiger partial charge is 0.490 e. The van der Waals surface area contributed by atoms with Gasteiger partial charge in [0.15, 0.2) is 0 Å². The number of hydrogen-bond donors (Lipinski definition) is 1. The third-order valence-corrected chi connectivity index (χ3v) is 4.00. The van der Waals surface area contributed by atoms with E-state index < -0.39 is 0 Å². The van der Waals surface area contributed by atoms with E-state index in [-0.39, 0.29) is 11.9 Å². The lowest BCUT2D eigenvalue weighted by atomic mass is 9.88. The summed E-state index contributed by atoms with van der Waals surface area (Å²) >= 11 is 0. The van der Waals surface area contributed by atoms with E-state index in [2.05, 4.69) is 12.2 Å². The van der Waals surface area contributed by atoms with Gasteiger partial charge in [-0.2, -0.15) is 0 Å². The van der Waals surface area contributed by atoms with Gasteiger partial charge in [-0.3, -0.25) is 0 Å². The predicted octanol–water partition coefficient (Wildman–Crippen LogP) is 3.52. The van der Waals surface area contributed by atoms with Gasteiger partial charge in [-0.1, -0.05) is 13.3 Å². The first-order valence-electron chi connectivity index (χ1n) is 7.83. The van der Waals surface area contributed by atoms with Crippen molar-refractivity contribution in [2.45, 2.75) is 45.3 Å². The van der Waals surface area contributed by atoms with Crippen LogP contribution in [0.25, 0.3) is 0 Å². The lowest BCUT2D eigenvalue weighted by Crippen LogP contribution is -2.25. The van der Waals surface area contributed by atoms with Gasteiger partial charge in [0.2, 0.25) is 0 Å². The fourth-order valence-corrected chi connectivity index (χ4v) is 2.86. The minimum atomic E-state index is -0.220. The lowest BCUT2D eigenvalue weighted by molar-refractivity contribution is 0.127. The first-order valence-corrected chi connectivity index (χ1v) is 7.83. The van der Waals surface area contributed by atoms with E-state index >= 15 is 0 Å². The van der Waals surface area contributed by atoms with Crippen molar-refractivity contribution in [3.05, 3.63) is 29.6 Å². The monoisotopic (exact) mass is 295 g/mol. The van der Waals surface area contributed by atoms with Crippen LogP contribution in [0.5, 0.6) is 5.75 Å². The molecule has 1 saturated carbocycles. The molecule has 2 rings (SSSR count). The van der Waals surface area contributed by atoms with Gasteiger partial charge in [-0.05, 0) is 43.4 Å². The molecule has 0 aromatic heterocycles. The molecule has 1 N–H and O–H groups in total. The van der Waals surface area contributed by atoms with Crippen LogP contribution in [0.15, 0.2) is 18.2 Å². The average Bonchev–Trinajstić information content (AvgIpc) is 2.46. The van der Waals surface area contributed by atoms with Crippen molar-refractivity contribution in [2.75, 3.05) is 20.3 Å². The molecule has 3 nitrogen and oxygen atoms in total. The highest BCUT2D eigenvalue weighted by atomic mass is 19.1. The van der Waals surface area contributed by atoms with Gasteiger partial charge in [0, 0.05) is 25.8 Å². The highest BCUT2D eigenvalue weighted by molar-refractivity contribution is 5.34. The van der Waals surface area contributed by atoms with Crippen molar-refractivity contribution in [2.24, 2.45) is 5.92 Å². The second-order valence-electron chi connectivity index (χ2n) is 5.93. The Bertz CT molecular complexity index is 439. The van der Waals surface area contributed by atoms with Crippen LogP contribution in [-0.4, -0.2) is 26.4 Å². The van der Waals surface area contributed by atoms with Crippen molar-refractivity contribution in [1.82, 2.24) is 5.32 Å². The number of benzene rings is 1. The summed E-state index contributed by atoms with van der Waals surface area (Å²) in [4.78, 5) is 0. The molecule has 1 aromatic rings. The van der Waals surface area contributed by atoms with Gasteiger partial charge < -0.3 is 14.8 Å². The first kappa shape index (κ1) is 16.2. The summed E-state index contributed by atoms with van der Waals surface area (Å²) in [6, 6.07) is 4.78. The molecule has 0 bridgehead atoms. The number of halogens is 1. The first-order chi connectivity index (χ1) is 10.2. The van der Waals surface area contributed by atoms with Crippen LogP contribution in [0.3, 0.4) is 0 Å². The number of methoxy groups -OCH3 is 1. The van der Waals surface area contributed by atoms with Crippen molar-refractivity contribution in [1.29, 1.82) is 0 Å². The Morgan fingerprint density at radius 3 is 2.95 bits per heavy atom. The molecule has 21 heavy (non-hydrogen) atoms. The Hall–Kier alpha value is -1.13. The Kier molecular flexibility index (Phi) is 6.46. The summed E-state index contributed by atoms with van der Waals surface area (Å²) in [6.45, 7) is 4.25. The van der Waals surface area contributed by atoms with Crippen LogP contribution in [0.1, 0.15) is 38.2 Å². The smallest absolute Gasteiger partial charge is 0.124 e. The molecule has 0 heterocycles. The van der Waals surface area contributed by atoms with Gasteiger partial charge in [0.25, 0.3) is 0 Å². The Morgan fingerprint density at radius 2 is 2.19 bits per heavy atom. The highest BCUT2D eigenvalue weighted by Crippen LogP contribution is 2.29. The lowest BCUT2D eigenvalue weighted by Gasteiger charge is -2.28. The van der Waals surface area contributed by atoms with Crippen molar-refractivity contribution >= 4 is 0 Å². The summed E-state index contributed by atoms with van der Waals surface area (Å²) in [5.41, 5.74) is 0.879. The Labute approximate surface area is 126 Å². The number of nitrogens with one attached hydrogen (secondary N) is 1. The fourth-order valence-electron chi connectivity index (χ4n) is 2.86. The van der Waals surface area contributed by atoms with Gasteiger partial charge in [-0.25, -0.2) is 4.39 Å². The third-order valence-electron chi connectivity index (χ3n) is 4.00. The van der Waals surface area contributed by atoms with Crippen LogP contribution < -0.4 is 10.1 Å². The molecule has 0 spiro atoms. The van der Waals surface area contributed by atoms with E-state index in [1.54, 1.807) is 19.2 Å². The maximum absolute atomic E-state index is 13.5. The molecule has 4 heteroatoms. The number of rotatable bonds is 7. The Balaban J connectivity index is 1.96. The van der Waals surface area contributed by atoms with Gasteiger partial charge in [0.05, 0.1) is 12.7 Å². The van der Waals surface area contributed by atoms with E-state index in [1.165, 1.54) is 18.9 Å². The molecule has 1 aliphatic rings. The zero-order valence-electron chi connectivity index (χ0n) is 13.0. The van der Waals surface area contributed by atoms with Crippen LogP contribution in [0.4, 0.5) is 4.39 Å². The van der Waals surface area contributed by atoms with E-state index in [1.807, 2.05) is 0 Å². The summed E-state index contributed by atoms with van der Waals surface area (Å²) in [5.74, 6) is 1.30. The summed E-state index contributed by atoms with van der Waals surface area (Å²) in [6.07, 6.45) is 4.95. The number of ether oxygens (including phenoxy) is 2. The molecule has 2 atom stereocenters. The molecule has 2 unspecified atom stereocenters. The molecule has 1 aliphatic carbocycles. The normalized spacial score (nSPS) is 22.2. The summed E-state index contributed by atoms with van der Waals surface area (Å²) < 4.78 is 24.6. The third kappa shape index (κ3) is 5.29. The van der Waals surface area contributed by atoms with E-state index in [0.717, 1.165) is 30.7 Å². The van der Waals surface area contributed by atoms with Crippen molar-refractivity contribution in [3.8, 4) is 5.75 Å². The molecule has 118 valence electrons. The molecule has 0 aliphatic heterocycles. The minimum absolute atomic E-state index is 0.220. The topological polar surface area (TPSA) is 30.5 Å². The second-order valence-corrected chi connectivity index (χ2v) is 5.93. The maximum atomic E-state index is 13.5. The van der Waals surface area contributed by atoms with Gasteiger partial charge >= 0.3 is 0 Å². The van der Waals surface area contributed by atoms with Crippen molar-refractivity contribution in [3.63, 3.8) is 0 Å². The van der Waals surface area contributed by atoms with Crippen LogP contribution in [0.2, 0.25) is 0 Å². The quantitative estimate of drug-likeness (QED) is 0.781. The van der Waals surface area contributed by atoms with E-state index in [9.17, 15) is 4.39 Å². The zero-order valence-corrected chi connectivity index (χ0v) is 13.0.